The zero-order chi connectivity index (χ0) is 21.8. The van der Waals surface area contributed by atoms with Crippen LogP contribution in [0.2, 0.25) is 0 Å². The molecule has 0 radical (unpaired) electrons. The van der Waals surface area contributed by atoms with Gasteiger partial charge in [-0.2, -0.15) is 0 Å². The van der Waals surface area contributed by atoms with Crippen LogP contribution in [-0.2, 0) is 9.59 Å². The van der Waals surface area contributed by atoms with Crippen molar-refractivity contribution in [3.05, 3.63) is 59.4 Å². The summed E-state index contributed by atoms with van der Waals surface area (Å²) in [6, 6.07) is 10.9. The van der Waals surface area contributed by atoms with E-state index in [0.717, 1.165) is 18.8 Å². The van der Waals surface area contributed by atoms with Gasteiger partial charge < -0.3 is 9.64 Å². The van der Waals surface area contributed by atoms with Crippen molar-refractivity contribution in [2.24, 2.45) is 0 Å². The number of halogens is 1. The van der Waals surface area contributed by atoms with E-state index in [9.17, 15) is 14.0 Å². The quantitative estimate of drug-likeness (QED) is 0.434. The average molecular weight is 428 g/mol. The zero-order valence-corrected chi connectivity index (χ0v) is 17.8. The van der Waals surface area contributed by atoms with Gasteiger partial charge in [-0.3, -0.25) is 19.8 Å². The molecular formula is C22H22FN3O3S. The number of carbonyl (C=O) groups excluding carboxylic acids is 2. The Labute approximate surface area is 179 Å². The summed E-state index contributed by atoms with van der Waals surface area (Å²) in [5.41, 5.74) is 1.83. The fourth-order valence-electron chi connectivity index (χ4n) is 3.24. The minimum atomic E-state index is -0.599. The number of benzene rings is 2. The highest BCUT2D eigenvalue weighted by Gasteiger charge is 2.34. The topological polar surface area (TPSA) is 61.9 Å². The van der Waals surface area contributed by atoms with E-state index in [1.165, 1.54) is 42.4 Å². The van der Waals surface area contributed by atoms with Crippen LogP contribution in [0, 0.1) is 5.82 Å². The third-order valence-electron chi connectivity index (χ3n) is 4.83. The molecule has 1 aliphatic rings. The summed E-state index contributed by atoms with van der Waals surface area (Å²) in [5.74, 6) is -1.09. The molecule has 0 bridgehead atoms. The van der Waals surface area contributed by atoms with E-state index in [1.807, 2.05) is 12.1 Å². The van der Waals surface area contributed by atoms with Crippen molar-refractivity contribution in [3.8, 4) is 5.75 Å². The molecule has 1 saturated heterocycles. The minimum Gasteiger partial charge on any atom is -0.496 e. The molecule has 0 saturated carbocycles. The summed E-state index contributed by atoms with van der Waals surface area (Å²) in [7, 11) is 1.53. The van der Waals surface area contributed by atoms with Crippen LogP contribution in [-0.4, -0.2) is 37.1 Å². The number of rotatable bonds is 6. The minimum absolute atomic E-state index is 0.0578. The van der Waals surface area contributed by atoms with Crippen LogP contribution in [0.5, 0.6) is 5.75 Å². The van der Waals surface area contributed by atoms with Crippen molar-refractivity contribution in [2.45, 2.75) is 13.8 Å². The van der Waals surface area contributed by atoms with Gasteiger partial charge >= 0.3 is 0 Å². The van der Waals surface area contributed by atoms with Gasteiger partial charge in [0.1, 0.15) is 17.1 Å². The molecule has 1 aliphatic heterocycles. The second-order valence-electron chi connectivity index (χ2n) is 6.53. The smallest absolute Gasteiger partial charge is 0.270 e. The van der Waals surface area contributed by atoms with Crippen LogP contribution in [0.4, 0.5) is 15.8 Å². The van der Waals surface area contributed by atoms with Crippen LogP contribution < -0.4 is 19.9 Å². The number of anilines is 2. The molecule has 30 heavy (non-hydrogen) atoms. The zero-order valence-electron chi connectivity index (χ0n) is 16.9. The second-order valence-corrected chi connectivity index (χ2v) is 6.92. The lowest BCUT2D eigenvalue weighted by atomic mass is 10.1. The molecule has 0 spiro atoms. The lowest BCUT2D eigenvalue weighted by Crippen LogP contribution is -2.54. The van der Waals surface area contributed by atoms with Crippen molar-refractivity contribution in [1.82, 2.24) is 5.32 Å². The largest absolute Gasteiger partial charge is 0.496 e. The number of nitrogens with zero attached hydrogens (tertiary/aromatic N) is 2. The fraction of sp³-hybridized carbons (Fsp3) is 0.227. The van der Waals surface area contributed by atoms with Crippen LogP contribution in [0.15, 0.2) is 48.0 Å². The number of thiocarbonyl (C=S) groups is 1. The maximum atomic E-state index is 13.3. The van der Waals surface area contributed by atoms with Crippen molar-refractivity contribution in [3.63, 3.8) is 0 Å². The molecule has 0 unspecified atom stereocenters. The third-order valence-corrected chi connectivity index (χ3v) is 5.12. The number of ether oxygens (including phenoxy) is 1. The van der Waals surface area contributed by atoms with Crippen LogP contribution >= 0.6 is 12.2 Å². The highest BCUT2D eigenvalue weighted by Crippen LogP contribution is 2.29. The first-order valence-corrected chi connectivity index (χ1v) is 9.90. The molecule has 6 nitrogen and oxygen atoms in total. The Morgan fingerprint density at radius 1 is 1.13 bits per heavy atom. The first-order chi connectivity index (χ1) is 14.4. The lowest BCUT2D eigenvalue weighted by Gasteiger charge is -2.29. The van der Waals surface area contributed by atoms with E-state index in [2.05, 4.69) is 24.1 Å². The lowest BCUT2D eigenvalue weighted by molar-refractivity contribution is -0.122. The highest BCUT2D eigenvalue weighted by atomic mass is 32.1. The molecule has 2 aromatic carbocycles. The van der Waals surface area contributed by atoms with Gasteiger partial charge in [0.2, 0.25) is 0 Å². The predicted molar refractivity (Wildman–Crippen MR) is 119 cm³/mol. The Hall–Kier alpha value is -3.26. The molecule has 1 heterocycles. The SMILES string of the molecule is CCN(CC)c1ccc(/C=C2/C(=O)NC(=S)N(c3ccc(F)cc3)C2=O)c(OC)c1. The van der Waals surface area contributed by atoms with E-state index in [0.29, 0.717) is 17.0 Å². The van der Waals surface area contributed by atoms with E-state index in [1.54, 1.807) is 6.07 Å². The normalized spacial score (nSPS) is 15.4. The van der Waals surface area contributed by atoms with Gasteiger partial charge in [-0.15, -0.1) is 0 Å². The molecule has 1 N–H and O–H groups in total. The molecular weight excluding hydrogens is 405 g/mol. The van der Waals surface area contributed by atoms with Crippen LogP contribution in [0.1, 0.15) is 19.4 Å². The number of carbonyl (C=O) groups is 2. The summed E-state index contributed by atoms with van der Waals surface area (Å²) in [6.45, 7) is 5.80. The van der Waals surface area contributed by atoms with Crippen molar-refractivity contribution in [1.29, 1.82) is 0 Å². The number of hydrogen-bond acceptors (Lipinski definition) is 5. The van der Waals surface area contributed by atoms with Crippen molar-refractivity contribution >= 4 is 46.6 Å². The predicted octanol–water partition coefficient (Wildman–Crippen LogP) is 3.51. The Bertz CT molecular complexity index is 1020. The van der Waals surface area contributed by atoms with E-state index >= 15 is 0 Å². The summed E-state index contributed by atoms with van der Waals surface area (Å²) < 4.78 is 18.8. The average Bonchev–Trinajstić information content (AvgIpc) is 2.73. The molecule has 0 aromatic heterocycles. The van der Waals surface area contributed by atoms with Crippen LogP contribution in [0.3, 0.4) is 0 Å². The molecule has 2 aromatic rings. The molecule has 0 aliphatic carbocycles. The Kier molecular flexibility index (Phi) is 6.47. The van der Waals surface area contributed by atoms with Crippen molar-refractivity contribution < 1.29 is 18.7 Å². The maximum absolute atomic E-state index is 13.3. The van der Waals surface area contributed by atoms with E-state index < -0.39 is 17.6 Å². The van der Waals surface area contributed by atoms with Gasteiger partial charge in [0.05, 0.1) is 12.8 Å². The molecule has 8 heteroatoms. The molecule has 156 valence electrons. The van der Waals surface area contributed by atoms with Gasteiger partial charge in [-0.05, 0) is 68.5 Å². The van der Waals surface area contributed by atoms with Crippen LogP contribution in [0.25, 0.3) is 6.08 Å². The summed E-state index contributed by atoms with van der Waals surface area (Å²) in [4.78, 5) is 28.9. The first-order valence-electron chi connectivity index (χ1n) is 9.49. The van der Waals surface area contributed by atoms with Gasteiger partial charge in [0.15, 0.2) is 5.11 Å². The Morgan fingerprint density at radius 3 is 2.40 bits per heavy atom. The Morgan fingerprint density at radius 2 is 1.80 bits per heavy atom. The number of methoxy groups -OCH3 is 1. The van der Waals surface area contributed by atoms with Gasteiger partial charge in [0, 0.05) is 30.4 Å². The maximum Gasteiger partial charge on any atom is 0.270 e. The van der Waals surface area contributed by atoms with E-state index in [-0.39, 0.29) is 10.7 Å². The van der Waals surface area contributed by atoms with Gasteiger partial charge in [-0.25, -0.2) is 4.39 Å². The molecule has 2 amide bonds. The highest BCUT2D eigenvalue weighted by molar-refractivity contribution is 7.80. The molecule has 3 rings (SSSR count). The summed E-state index contributed by atoms with van der Waals surface area (Å²) in [6.07, 6.45) is 1.47. The van der Waals surface area contributed by atoms with Gasteiger partial charge in [0.25, 0.3) is 11.8 Å². The first kappa shape index (κ1) is 21.4. The summed E-state index contributed by atoms with van der Waals surface area (Å²) in [5, 5.41) is 2.46. The van der Waals surface area contributed by atoms with Crippen molar-refractivity contribution in [2.75, 3.05) is 30.0 Å². The Balaban J connectivity index is 2.01. The number of amides is 2. The molecule has 1 fully saturated rings. The monoisotopic (exact) mass is 427 g/mol. The standard InChI is InChI=1S/C22H22FN3O3S/c1-4-25(5-2)17-9-6-14(19(13-17)29-3)12-18-20(27)24-22(30)26(21(18)28)16-10-7-15(23)8-11-16/h6-13H,4-5H2,1-3H3,(H,24,27,30)/b18-12-. The second kappa shape index (κ2) is 9.04. The fourth-order valence-corrected chi connectivity index (χ4v) is 3.52. The number of nitrogens with one attached hydrogen (secondary N) is 1. The summed E-state index contributed by atoms with van der Waals surface area (Å²) >= 11 is 5.16. The van der Waals surface area contributed by atoms with Gasteiger partial charge in [-0.1, -0.05) is 0 Å². The molecule has 0 atom stereocenters. The third kappa shape index (κ3) is 4.18. The van der Waals surface area contributed by atoms with E-state index in [4.69, 9.17) is 17.0 Å². The number of hydrogen-bond donors (Lipinski definition) is 1.